The molecule has 2 heteroatoms. The summed E-state index contributed by atoms with van der Waals surface area (Å²) < 4.78 is 0. The second-order valence-corrected chi connectivity index (χ2v) is 5.42. The number of hydrogen-bond donors (Lipinski definition) is 0. The molecule has 1 fully saturated rings. The van der Waals surface area contributed by atoms with Crippen LogP contribution in [0.15, 0.2) is 37.1 Å². The molecule has 0 aromatic heterocycles. The third-order valence-corrected chi connectivity index (χ3v) is 3.97. The number of allylic oxidation sites excluding steroid dienone is 1. The van der Waals surface area contributed by atoms with Crippen LogP contribution in [-0.2, 0) is 0 Å². The molecule has 0 amide bonds. The summed E-state index contributed by atoms with van der Waals surface area (Å²) in [4.78, 5) is 4.74. The molecule has 102 valence electrons. The number of aryl methyl sites for hydroxylation is 2. The molecule has 1 aromatic rings. The molecule has 0 radical (unpaired) electrons. The van der Waals surface area contributed by atoms with E-state index >= 15 is 0 Å². The van der Waals surface area contributed by atoms with E-state index in [-0.39, 0.29) is 0 Å². The van der Waals surface area contributed by atoms with Crippen LogP contribution in [-0.4, -0.2) is 36.0 Å². The Morgan fingerprint density at radius 3 is 1.89 bits per heavy atom. The molecule has 1 heterocycles. The minimum atomic E-state index is 1.03. The first kappa shape index (κ1) is 13.7. The van der Waals surface area contributed by atoms with E-state index in [9.17, 15) is 0 Å². The van der Waals surface area contributed by atoms with Gasteiger partial charge in [0, 0.05) is 43.1 Å². The summed E-state index contributed by atoms with van der Waals surface area (Å²) in [7, 11) is 0. The van der Waals surface area contributed by atoms with Crippen LogP contribution in [0.25, 0.3) is 5.70 Å². The van der Waals surface area contributed by atoms with Crippen LogP contribution in [0.1, 0.15) is 23.6 Å². The predicted octanol–water partition coefficient (Wildman–Crippen LogP) is 3.43. The molecule has 0 aliphatic carbocycles. The normalized spacial score (nSPS) is 15.5. The third kappa shape index (κ3) is 2.83. The molecule has 2 rings (SSSR count). The highest BCUT2D eigenvalue weighted by molar-refractivity contribution is 5.67. The molecule has 0 N–H and O–H groups in total. The minimum absolute atomic E-state index is 1.03. The zero-order valence-corrected chi connectivity index (χ0v) is 12.4. The topological polar surface area (TPSA) is 6.48 Å². The zero-order chi connectivity index (χ0) is 14.0. The monoisotopic (exact) mass is 256 g/mol. The van der Waals surface area contributed by atoms with Crippen molar-refractivity contribution in [3.63, 3.8) is 0 Å². The van der Waals surface area contributed by atoms with Crippen molar-refractivity contribution in [2.75, 3.05) is 26.2 Å². The van der Waals surface area contributed by atoms with E-state index in [0.29, 0.717) is 0 Å². The van der Waals surface area contributed by atoms with Crippen LogP contribution in [0.2, 0.25) is 0 Å². The van der Waals surface area contributed by atoms with Crippen molar-refractivity contribution >= 4 is 5.70 Å². The van der Waals surface area contributed by atoms with Gasteiger partial charge in [-0.15, -0.1) is 0 Å². The first-order chi connectivity index (χ1) is 9.00. The third-order valence-electron chi connectivity index (χ3n) is 3.97. The van der Waals surface area contributed by atoms with Gasteiger partial charge in [-0.05, 0) is 31.9 Å². The van der Waals surface area contributed by atoms with E-state index in [1.54, 1.807) is 0 Å². The van der Waals surface area contributed by atoms with E-state index in [2.05, 4.69) is 61.9 Å². The van der Waals surface area contributed by atoms with Crippen LogP contribution >= 0.6 is 0 Å². The first-order valence-electron chi connectivity index (χ1n) is 6.91. The maximum Gasteiger partial charge on any atom is 0.0373 e. The van der Waals surface area contributed by atoms with Crippen molar-refractivity contribution in [3.05, 3.63) is 53.7 Å². The molecule has 1 aliphatic heterocycles. The van der Waals surface area contributed by atoms with Gasteiger partial charge in [0.2, 0.25) is 0 Å². The quantitative estimate of drug-likeness (QED) is 0.817. The number of rotatable bonds is 3. The van der Waals surface area contributed by atoms with Gasteiger partial charge in [-0.1, -0.05) is 31.4 Å². The highest BCUT2D eigenvalue weighted by atomic mass is 15.3. The lowest BCUT2D eigenvalue weighted by Gasteiger charge is -2.39. The smallest absolute Gasteiger partial charge is 0.0373 e. The van der Waals surface area contributed by atoms with E-state index in [1.807, 2.05) is 0 Å². The van der Waals surface area contributed by atoms with Gasteiger partial charge >= 0.3 is 0 Å². The predicted molar refractivity (Wildman–Crippen MR) is 82.9 cm³/mol. The molecule has 0 spiro atoms. The number of benzene rings is 1. The Bertz CT molecular complexity index is 474. The van der Waals surface area contributed by atoms with Crippen molar-refractivity contribution in [1.29, 1.82) is 0 Å². The minimum Gasteiger partial charge on any atom is -0.372 e. The lowest BCUT2D eigenvalue weighted by molar-refractivity contribution is 0.214. The van der Waals surface area contributed by atoms with Crippen LogP contribution in [0.5, 0.6) is 0 Å². The summed E-state index contributed by atoms with van der Waals surface area (Å²) in [5.41, 5.74) is 6.26. The van der Waals surface area contributed by atoms with Gasteiger partial charge in [0.15, 0.2) is 0 Å². The second kappa shape index (κ2) is 5.52. The molecule has 0 atom stereocenters. The first-order valence-corrected chi connectivity index (χ1v) is 6.91. The number of nitrogens with zero attached hydrogens (tertiary/aromatic N) is 2. The average molecular weight is 256 g/mol. The summed E-state index contributed by atoms with van der Waals surface area (Å²) in [5, 5.41) is 0. The summed E-state index contributed by atoms with van der Waals surface area (Å²) in [6.07, 6.45) is 0. The van der Waals surface area contributed by atoms with Crippen LogP contribution in [0, 0.1) is 13.8 Å². The van der Waals surface area contributed by atoms with Crippen molar-refractivity contribution in [3.8, 4) is 0 Å². The van der Waals surface area contributed by atoms with E-state index in [1.165, 1.54) is 16.7 Å². The second-order valence-electron chi connectivity index (χ2n) is 5.42. The molecule has 1 saturated heterocycles. The maximum absolute atomic E-state index is 4.33. The molecule has 0 bridgehead atoms. The fourth-order valence-corrected chi connectivity index (χ4v) is 2.79. The van der Waals surface area contributed by atoms with Gasteiger partial charge in [0.1, 0.15) is 0 Å². The van der Waals surface area contributed by atoms with Crippen molar-refractivity contribution < 1.29 is 0 Å². The largest absolute Gasteiger partial charge is 0.372 e. The Labute approximate surface area is 117 Å². The molecule has 19 heavy (non-hydrogen) atoms. The molecule has 1 aromatic carbocycles. The van der Waals surface area contributed by atoms with E-state index < -0.39 is 0 Å². The number of hydrogen-bond acceptors (Lipinski definition) is 2. The van der Waals surface area contributed by atoms with Crippen molar-refractivity contribution in [2.24, 2.45) is 0 Å². The lowest BCUT2D eigenvalue weighted by atomic mass is 9.99. The van der Waals surface area contributed by atoms with Gasteiger partial charge in [0.25, 0.3) is 0 Å². The molecule has 2 nitrogen and oxygen atoms in total. The SMILES string of the molecule is C=C(C)N1CCN(C(=C)c2c(C)cccc2C)CC1. The van der Waals surface area contributed by atoms with Gasteiger partial charge in [-0.25, -0.2) is 0 Å². The summed E-state index contributed by atoms with van der Waals surface area (Å²) in [5.74, 6) is 0. The lowest BCUT2D eigenvalue weighted by Crippen LogP contribution is -2.44. The average Bonchev–Trinajstić information content (AvgIpc) is 2.38. The molecule has 0 unspecified atom stereocenters. The van der Waals surface area contributed by atoms with Crippen molar-refractivity contribution in [2.45, 2.75) is 20.8 Å². The van der Waals surface area contributed by atoms with E-state index in [4.69, 9.17) is 0 Å². The van der Waals surface area contributed by atoms with Crippen molar-refractivity contribution in [1.82, 2.24) is 9.80 Å². The zero-order valence-electron chi connectivity index (χ0n) is 12.4. The maximum atomic E-state index is 4.33. The Morgan fingerprint density at radius 2 is 1.42 bits per heavy atom. The fourth-order valence-electron chi connectivity index (χ4n) is 2.79. The Balaban J connectivity index is 2.12. The summed E-state index contributed by atoms with van der Waals surface area (Å²) >= 11 is 0. The van der Waals surface area contributed by atoms with Gasteiger partial charge in [-0.2, -0.15) is 0 Å². The highest BCUT2D eigenvalue weighted by Gasteiger charge is 2.19. The van der Waals surface area contributed by atoms with Gasteiger partial charge in [0.05, 0.1) is 0 Å². The van der Waals surface area contributed by atoms with Crippen LogP contribution in [0.4, 0.5) is 0 Å². The van der Waals surface area contributed by atoms with Gasteiger partial charge in [-0.3, -0.25) is 0 Å². The van der Waals surface area contributed by atoms with Crippen LogP contribution in [0.3, 0.4) is 0 Å². The van der Waals surface area contributed by atoms with E-state index in [0.717, 1.165) is 37.6 Å². The Hall–Kier alpha value is -1.70. The Kier molecular flexibility index (Phi) is 3.98. The highest BCUT2D eigenvalue weighted by Crippen LogP contribution is 2.25. The van der Waals surface area contributed by atoms with Gasteiger partial charge < -0.3 is 9.80 Å². The number of piperazine rings is 1. The molecule has 0 saturated carbocycles. The Morgan fingerprint density at radius 1 is 0.947 bits per heavy atom. The molecule has 1 aliphatic rings. The molecular weight excluding hydrogens is 232 g/mol. The summed E-state index contributed by atoms with van der Waals surface area (Å²) in [6.45, 7) is 18.9. The van der Waals surface area contributed by atoms with Crippen LogP contribution < -0.4 is 0 Å². The molecular formula is C17H24N2. The fraction of sp³-hybridized carbons (Fsp3) is 0.412. The summed E-state index contributed by atoms with van der Waals surface area (Å²) in [6, 6.07) is 6.44. The standard InChI is InChI=1S/C17H24N2/c1-13(2)18-9-11-19(12-10-18)16(5)17-14(3)7-6-8-15(17)4/h6-8H,1,5,9-12H2,2-4H3.